The molecule has 188 valence electrons. The number of rotatable bonds is 10. The fourth-order valence-electron chi connectivity index (χ4n) is 4.94. The Morgan fingerprint density at radius 1 is 0.800 bits per heavy atom. The SMILES string of the molecule is O=C(CCC(=O)N1CCN(C(c2ccccc2)c2ccccc2)CC1)NCCCN1CCOCC1. The molecule has 4 rings (SSSR count). The fraction of sp³-hybridized carbons (Fsp3) is 0.500. The van der Waals surface area contributed by atoms with Crippen LogP contribution in [0.15, 0.2) is 60.7 Å². The first kappa shape index (κ1) is 25.4. The fourth-order valence-corrected chi connectivity index (χ4v) is 4.94. The van der Waals surface area contributed by atoms with Gasteiger partial charge in [0.2, 0.25) is 11.8 Å². The summed E-state index contributed by atoms with van der Waals surface area (Å²) in [5.74, 6) is 0.0382. The maximum atomic E-state index is 12.8. The molecular weight excluding hydrogens is 440 g/mol. The van der Waals surface area contributed by atoms with Crippen molar-refractivity contribution < 1.29 is 14.3 Å². The van der Waals surface area contributed by atoms with Crippen LogP contribution in [0, 0.1) is 0 Å². The van der Waals surface area contributed by atoms with E-state index in [2.05, 4.69) is 63.6 Å². The third kappa shape index (κ3) is 7.62. The van der Waals surface area contributed by atoms with Crippen molar-refractivity contribution in [3.63, 3.8) is 0 Å². The van der Waals surface area contributed by atoms with Gasteiger partial charge in [0.1, 0.15) is 0 Å². The zero-order valence-electron chi connectivity index (χ0n) is 20.6. The van der Waals surface area contributed by atoms with Gasteiger partial charge in [0.05, 0.1) is 19.3 Å². The molecule has 0 atom stereocenters. The third-order valence-corrected chi connectivity index (χ3v) is 6.91. The predicted octanol–water partition coefficient (Wildman–Crippen LogP) is 2.54. The molecule has 2 fully saturated rings. The minimum atomic E-state index is -0.0350. The van der Waals surface area contributed by atoms with Gasteiger partial charge < -0.3 is 15.0 Å². The second-order valence-electron chi connectivity index (χ2n) is 9.30. The van der Waals surface area contributed by atoms with Crippen LogP contribution in [-0.4, -0.2) is 92.1 Å². The van der Waals surface area contributed by atoms with E-state index in [0.29, 0.717) is 19.6 Å². The molecule has 0 aliphatic carbocycles. The lowest BCUT2D eigenvalue weighted by atomic mass is 9.96. The van der Waals surface area contributed by atoms with Gasteiger partial charge in [0.15, 0.2) is 0 Å². The number of piperazine rings is 1. The monoisotopic (exact) mass is 478 g/mol. The molecule has 0 bridgehead atoms. The number of carbonyl (C=O) groups excluding carboxylic acids is 2. The van der Waals surface area contributed by atoms with Crippen LogP contribution >= 0.6 is 0 Å². The molecule has 0 aromatic heterocycles. The van der Waals surface area contributed by atoms with Gasteiger partial charge in [0, 0.05) is 58.7 Å². The van der Waals surface area contributed by atoms with Crippen LogP contribution in [0.25, 0.3) is 0 Å². The van der Waals surface area contributed by atoms with Crippen LogP contribution in [0.2, 0.25) is 0 Å². The lowest BCUT2D eigenvalue weighted by Crippen LogP contribution is -2.50. The smallest absolute Gasteiger partial charge is 0.223 e. The quantitative estimate of drug-likeness (QED) is 0.532. The second-order valence-corrected chi connectivity index (χ2v) is 9.30. The summed E-state index contributed by atoms with van der Waals surface area (Å²) in [6.07, 6.45) is 1.45. The number of morpholine rings is 1. The van der Waals surface area contributed by atoms with Gasteiger partial charge in [-0.1, -0.05) is 60.7 Å². The molecule has 0 radical (unpaired) electrons. The van der Waals surface area contributed by atoms with Crippen molar-refractivity contribution >= 4 is 11.8 Å². The Balaban J connectivity index is 1.19. The molecule has 0 spiro atoms. The van der Waals surface area contributed by atoms with E-state index in [1.54, 1.807) is 0 Å². The van der Waals surface area contributed by atoms with Gasteiger partial charge in [-0.25, -0.2) is 0 Å². The van der Waals surface area contributed by atoms with Crippen molar-refractivity contribution in [1.29, 1.82) is 0 Å². The van der Waals surface area contributed by atoms with E-state index in [4.69, 9.17) is 4.74 Å². The van der Waals surface area contributed by atoms with Gasteiger partial charge in [-0.15, -0.1) is 0 Å². The summed E-state index contributed by atoms with van der Waals surface area (Å²) in [6, 6.07) is 21.3. The molecule has 2 aliphatic heterocycles. The third-order valence-electron chi connectivity index (χ3n) is 6.91. The van der Waals surface area contributed by atoms with Crippen molar-refractivity contribution in [3.8, 4) is 0 Å². The molecular formula is C28H38N4O3. The van der Waals surface area contributed by atoms with Crippen molar-refractivity contribution in [2.24, 2.45) is 0 Å². The predicted molar refractivity (Wildman–Crippen MR) is 137 cm³/mol. The van der Waals surface area contributed by atoms with Gasteiger partial charge in [-0.3, -0.25) is 19.4 Å². The van der Waals surface area contributed by atoms with Crippen molar-refractivity contribution in [2.45, 2.75) is 25.3 Å². The number of benzene rings is 2. The van der Waals surface area contributed by atoms with Crippen LogP contribution in [0.3, 0.4) is 0 Å². The Morgan fingerprint density at radius 2 is 1.40 bits per heavy atom. The van der Waals surface area contributed by atoms with E-state index in [-0.39, 0.29) is 30.7 Å². The lowest BCUT2D eigenvalue weighted by Gasteiger charge is -2.39. The minimum absolute atomic E-state index is 0.0350. The number of nitrogens with zero attached hydrogens (tertiary/aromatic N) is 3. The van der Waals surface area contributed by atoms with Gasteiger partial charge in [-0.2, -0.15) is 0 Å². The van der Waals surface area contributed by atoms with Gasteiger partial charge >= 0.3 is 0 Å². The molecule has 2 aliphatic rings. The highest BCUT2D eigenvalue weighted by Crippen LogP contribution is 2.29. The van der Waals surface area contributed by atoms with Crippen molar-refractivity contribution in [3.05, 3.63) is 71.8 Å². The highest BCUT2D eigenvalue weighted by molar-refractivity contribution is 5.83. The number of ether oxygens (including phenoxy) is 1. The average molecular weight is 479 g/mol. The van der Waals surface area contributed by atoms with Crippen LogP contribution < -0.4 is 5.32 Å². The van der Waals surface area contributed by atoms with Crippen LogP contribution in [-0.2, 0) is 14.3 Å². The van der Waals surface area contributed by atoms with E-state index in [1.807, 2.05) is 17.0 Å². The summed E-state index contributed by atoms with van der Waals surface area (Å²) < 4.78 is 5.36. The summed E-state index contributed by atoms with van der Waals surface area (Å²) in [5, 5.41) is 2.96. The summed E-state index contributed by atoms with van der Waals surface area (Å²) in [5.41, 5.74) is 2.53. The number of hydrogen-bond acceptors (Lipinski definition) is 5. The maximum Gasteiger partial charge on any atom is 0.223 e. The zero-order valence-corrected chi connectivity index (χ0v) is 20.6. The number of hydrogen-bond donors (Lipinski definition) is 1. The first-order valence-electron chi connectivity index (χ1n) is 12.9. The van der Waals surface area contributed by atoms with Crippen molar-refractivity contribution in [2.75, 3.05) is 65.6 Å². The van der Waals surface area contributed by atoms with E-state index in [0.717, 1.165) is 52.4 Å². The highest BCUT2D eigenvalue weighted by atomic mass is 16.5. The number of amides is 2. The number of carbonyl (C=O) groups is 2. The maximum absolute atomic E-state index is 12.8. The minimum Gasteiger partial charge on any atom is -0.379 e. The summed E-state index contributed by atoms with van der Waals surface area (Å²) in [6.45, 7) is 8.15. The van der Waals surface area contributed by atoms with E-state index in [9.17, 15) is 9.59 Å². The Hall–Kier alpha value is -2.74. The van der Waals surface area contributed by atoms with Crippen LogP contribution in [0.4, 0.5) is 0 Å². The molecule has 2 heterocycles. The Kier molecular flexibility index (Phi) is 9.69. The van der Waals surface area contributed by atoms with E-state index in [1.165, 1.54) is 11.1 Å². The van der Waals surface area contributed by atoms with E-state index >= 15 is 0 Å². The molecule has 2 aromatic carbocycles. The Labute approximate surface area is 209 Å². The molecule has 35 heavy (non-hydrogen) atoms. The second kappa shape index (κ2) is 13.4. The summed E-state index contributed by atoms with van der Waals surface area (Å²) in [4.78, 5) is 31.7. The Morgan fingerprint density at radius 3 is 2.00 bits per heavy atom. The zero-order chi connectivity index (χ0) is 24.3. The molecule has 1 N–H and O–H groups in total. The van der Waals surface area contributed by atoms with Gasteiger partial charge in [0.25, 0.3) is 0 Å². The van der Waals surface area contributed by atoms with E-state index < -0.39 is 0 Å². The topological polar surface area (TPSA) is 65.1 Å². The molecule has 0 unspecified atom stereocenters. The van der Waals surface area contributed by atoms with Crippen LogP contribution in [0.1, 0.15) is 36.4 Å². The molecule has 2 amide bonds. The largest absolute Gasteiger partial charge is 0.379 e. The molecule has 7 heteroatoms. The lowest BCUT2D eigenvalue weighted by molar-refractivity contribution is -0.135. The number of nitrogens with one attached hydrogen (secondary N) is 1. The average Bonchev–Trinajstić information content (AvgIpc) is 2.92. The molecule has 2 saturated heterocycles. The standard InChI is InChI=1S/C28H38N4O3/c33-26(29-14-7-15-30-20-22-35-23-21-30)12-13-27(34)31-16-18-32(19-17-31)28(24-8-3-1-4-9-24)25-10-5-2-6-11-25/h1-6,8-11,28H,7,12-23H2,(H,29,33). The van der Waals surface area contributed by atoms with Gasteiger partial charge in [-0.05, 0) is 24.1 Å². The molecule has 2 aromatic rings. The first-order valence-corrected chi connectivity index (χ1v) is 12.9. The highest BCUT2D eigenvalue weighted by Gasteiger charge is 2.28. The summed E-state index contributed by atoms with van der Waals surface area (Å²) >= 11 is 0. The normalized spacial score (nSPS) is 17.5. The molecule has 7 nitrogen and oxygen atoms in total. The Bertz CT molecular complexity index is 871. The molecule has 0 saturated carbocycles. The van der Waals surface area contributed by atoms with Crippen LogP contribution in [0.5, 0.6) is 0 Å². The summed E-state index contributed by atoms with van der Waals surface area (Å²) in [7, 11) is 0. The first-order chi connectivity index (χ1) is 17.2. The van der Waals surface area contributed by atoms with Crippen molar-refractivity contribution in [1.82, 2.24) is 20.0 Å².